The average Bonchev–Trinajstić information content (AvgIpc) is 2.28. The summed E-state index contributed by atoms with van der Waals surface area (Å²) in [6.07, 6.45) is 3.30. The van der Waals surface area contributed by atoms with Gasteiger partial charge < -0.3 is 10.6 Å². The summed E-state index contributed by atoms with van der Waals surface area (Å²) in [7, 11) is 0. The second kappa shape index (κ2) is 6.22. The van der Waals surface area contributed by atoms with Crippen LogP contribution in [0.15, 0.2) is 0 Å². The minimum absolute atomic E-state index is 0.0248. The van der Waals surface area contributed by atoms with E-state index < -0.39 is 5.41 Å². The molecule has 1 fully saturated rings. The Hall–Kier alpha value is -1.59. The number of rotatable bonds is 6. The maximum Gasteiger partial charge on any atom is 0.230 e. The highest BCUT2D eigenvalue weighted by molar-refractivity contribution is 5.84. The van der Waals surface area contributed by atoms with Crippen molar-refractivity contribution in [2.75, 3.05) is 19.6 Å². The van der Waals surface area contributed by atoms with Gasteiger partial charge in [-0.05, 0) is 12.8 Å². The van der Waals surface area contributed by atoms with Gasteiger partial charge in [0.15, 0.2) is 0 Å². The standard InChI is InChI=1S/C12H18N4O/c13-6-2-8-16(9-3-7-14)11(17)12(10-15)4-1-5-12/h1-5,8-10,15H2. The fourth-order valence-electron chi connectivity index (χ4n) is 2.13. The van der Waals surface area contributed by atoms with E-state index in [0.717, 1.165) is 19.3 Å². The van der Waals surface area contributed by atoms with Gasteiger partial charge in [-0.25, -0.2) is 0 Å². The van der Waals surface area contributed by atoms with E-state index in [1.807, 2.05) is 12.1 Å². The van der Waals surface area contributed by atoms with Crippen LogP contribution >= 0.6 is 0 Å². The third-order valence-electron chi connectivity index (χ3n) is 3.43. The van der Waals surface area contributed by atoms with Crippen molar-refractivity contribution in [2.24, 2.45) is 11.1 Å². The Labute approximate surface area is 102 Å². The van der Waals surface area contributed by atoms with Gasteiger partial charge in [0.1, 0.15) is 0 Å². The van der Waals surface area contributed by atoms with Crippen molar-refractivity contribution in [3.8, 4) is 12.1 Å². The Morgan fingerprint density at radius 2 is 1.76 bits per heavy atom. The highest BCUT2D eigenvalue weighted by Crippen LogP contribution is 2.41. The first-order valence-corrected chi connectivity index (χ1v) is 5.93. The minimum atomic E-state index is -0.412. The number of nitrogens with zero attached hydrogens (tertiary/aromatic N) is 3. The topological polar surface area (TPSA) is 93.9 Å². The van der Waals surface area contributed by atoms with Crippen LogP contribution < -0.4 is 5.73 Å². The molecule has 0 saturated heterocycles. The molecule has 0 aromatic heterocycles. The van der Waals surface area contributed by atoms with E-state index in [4.69, 9.17) is 16.3 Å². The molecule has 2 N–H and O–H groups in total. The van der Waals surface area contributed by atoms with Crippen LogP contribution in [-0.2, 0) is 4.79 Å². The lowest BCUT2D eigenvalue weighted by Crippen LogP contribution is -2.52. The van der Waals surface area contributed by atoms with E-state index in [-0.39, 0.29) is 5.91 Å². The van der Waals surface area contributed by atoms with E-state index in [9.17, 15) is 4.79 Å². The van der Waals surface area contributed by atoms with Crippen LogP contribution in [0.1, 0.15) is 32.1 Å². The van der Waals surface area contributed by atoms with E-state index in [2.05, 4.69) is 0 Å². The van der Waals surface area contributed by atoms with Crippen molar-refractivity contribution in [2.45, 2.75) is 32.1 Å². The van der Waals surface area contributed by atoms with Crippen LogP contribution in [0.4, 0.5) is 0 Å². The van der Waals surface area contributed by atoms with Crippen molar-refractivity contribution in [1.82, 2.24) is 4.90 Å². The van der Waals surface area contributed by atoms with Crippen molar-refractivity contribution in [3.63, 3.8) is 0 Å². The molecule has 17 heavy (non-hydrogen) atoms. The summed E-state index contributed by atoms with van der Waals surface area (Å²) in [6.45, 7) is 1.17. The second-order valence-electron chi connectivity index (χ2n) is 4.45. The molecule has 0 heterocycles. The molecule has 0 radical (unpaired) electrons. The van der Waals surface area contributed by atoms with Crippen LogP contribution in [0.3, 0.4) is 0 Å². The first-order chi connectivity index (χ1) is 8.20. The molecule has 1 saturated carbocycles. The minimum Gasteiger partial charge on any atom is -0.340 e. The Morgan fingerprint density at radius 1 is 1.24 bits per heavy atom. The zero-order chi connectivity index (χ0) is 12.7. The Kier molecular flexibility index (Phi) is 4.93. The summed E-state index contributed by atoms with van der Waals surface area (Å²) in [5, 5.41) is 17.2. The number of hydrogen-bond donors (Lipinski definition) is 1. The van der Waals surface area contributed by atoms with Gasteiger partial charge in [-0.2, -0.15) is 10.5 Å². The monoisotopic (exact) mass is 234 g/mol. The van der Waals surface area contributed by atoms with Crippen LogP contribution in [0.5, 0.6) is 0 Å². The summed E-state index contributed by atoms with van der Waals surface area (Å²) in [5.41, 5.74) is 5.28. The molecule has 0 spiro atoms. The lowest BCUT2D eigenvalue weighted by Gasteiger charge is -2.42. The van der Waals surface area contributed by atoms with Crippen LogP contribution in [-0.4, -0.2) is 30.4 Å². The van der Waals surface area contributed by atoms with Gasteiger partial charge in [-0.3, -0.25) is 4.79 Å². The molecule has 0 bridgehead atoms. The largest absolute Gasteiger partial charge is 0.340 e. The molecule has 5 nitrogen and oxygen atoms in total. The van der Waals surface area contributed by atoms with Crippen LogP contribution in [0.25, 0.3) is 0 Å². The molecule has 1 aliphatic rings. The molecule has 5 heteroatoms. The van der Waals surface area contributed by atoms with E-state index in [0.29, 0.717) is 32.5 Å². The van der Waals surface area contributed by atoms with Crippen molar-refractivity contribution >= 4 is 5.91 Å². The van der Waals surface area contributed by atoms with Gasteiger partial charge in [0.2, 0.25) is 5.91 Å². The van der Waals surface area contributed by atoms with Gasteiger partial charge in [-0.15, -0.1) is 0 Å². The first-order valence-electron chi connectivity index (χ1n) is 5.93. The Morgan fingerprint density at radius 3 is 2.06 bits per heavy atom. The average molecular weight is 234 g/mol. The third-order valence-corrected chi connectivity index (χ3v) is 3.43. The van der Waals surface area contributed by atoms with E-state index in [1.54, 1.807) is 4.90 Å². The lowest BCUT2D eigenvalue weighted by molar-refractivity contribution is -0.146. The second-order valence-corrected chi connectivity index (χ2v) is 4.45. The Balaban J connectivity index is 2.65. The zero-order valence-corrected chi connectivity index (χ0v) is 9.98. The maximum absolute atomic E-state index is 12.3. The first kappa shape index (κ1) is 13.5. The number of carbonyl (C=O) groups excluding carboxylic acids is 1. The number of nitriles is 2. The van der Waals surface area contributed by atoms with Gasteiger partial charge in [0.25, 0.3) is 0 Å². The van der Waals surface area contributed by atoms with Gasteiger partial charge in [-0.1, -0.05) is 6.42 Å². The molecule has 0 aliphatic heterocycles. The van der Waals surface area contributed by atoms with E-state index >= 15 is 0 Å². The lowest BCUT2D eigenvalue weighted by atomic mass is 9.67. The quantitative estimate of drug-likeness (QED) is 0.734. The number of carbonyl (C=O) groups is 1. The summed E-state index contributed by atoms with van der Waals surface area (Å²) in [6, 6.07) is 4.05. The van der Waals surface area contributed by atoms with Crippen molar-refractivity contribution in [1.29, 1.82) is 10.5 Å². The molecule has 92 valence electrons. The van der Waals surface area contributed by atoms with Crippen LogP contribution in [0, 0.1) is 28.1 Å². The third kappa shape index (κ3) is 2.95. The molecule has 0 atom stereocenters. The summed E-state index contributed by atoms with van der Waals surface area (Å²) in [4.78, 5) is 13.9. The van der Waals surface area contributed by atoms with Gasteiger partial charge >= 0.3 is 0 Å². The number of amides is 1. The SMILES string of the molecule is N#CCCN(CCC#N)C(=O)C1(CN)CCC1. The summed E-state index contributed by atoms with van der Waals surface area (Å²) in [5.74, 6) is 0.0248. The molecule has 1 aliphatic carbocycles. The molecule has 1 amide bonds. The molecule has 0 unspecified atom stereocenters. The van der Waals surface area contributed by atoms with Crippen molar-refractivity contribution in [3.05, 3.63) is 0 Å². The highest BCUT2D eigenvalue weighted by atomic mass is 16.2. The molecule has 0 aromatic carbocycles. The molecule has 0 aromatic rings. The normalized spacial score (nSPS) is 16.4. The smallest absolute Gasteiger partial charge is 0.230 e. The summed E-state index contributed by atoms with van der Waals surface area (Å²) < 4.78 is 0. The maximum atomic E-state index is 12.3. The highest BCUT2D eigenvalue weighted by Gasteiger charge is 2.44. The predicted molar refractivity (Wildman–Crippen MR) is 62.4 cm³/mol. The fourth-order valence-corrected chi connectivity index (χ4v) is 2.13. The zero-order valence-electron chi connectivity index (χ0n) is 9.98. The van der Waals surface area contributed by atoms with Crippen molar-refractivity contribution < 1.29 is 4.79 Å². The Bertz CT molecular complexity index is 325. The summed E-state index contributed by atoms with van der Waals surface area (Å²) >= 11 is 0. The fraction of sp³-hybridized carbons (Fsp3) is 0.750. The predicted octanol–water partition coefficient (Wildman–Crippen LogP) is 0.771. The molecular formula is C12H18N4O. The van der Waals surface area contributed by atoms with Crippen LogP contribution in [0.2, 0.25) is 0 Å². The number of hydrogen-bond acceptors (Lipinski definition) is 4. The van der Waals surface area contributed by atoms with Gasteiger partial charge in [0.05, 0.1) is 30.4 Å². The molecule has 1 rings (SSSR count). The number of nitrogens with two attached hydrogens (primary N) is 1. The van der Waals surface area contributed by atoms with E-state index in [1.165, 1.54) is 0 Å². The van der Waals surface area contributed by atoms with Gasteiger partial charge in [0, 0.05) is 19.6 Å². The molecular weight excluding hydrogens is 216 g/mol.